The van der Waals surface area contributed by atoms with Crippen LogP contribution in [0, 0.1) is 20.8 Å². The van der Waals surface area contributed by atoms with Gasteiger partial charge in [-0.15, -0.1) is 0 Å². The molecule has 1 heterocycles. The van der Waals surface area contributed by atoms with Crippen LogP contribution in [-0.2, 0) is 14.3 Å². The second kappa shape index (κ2) is 9.28. The maximum Gasteiger partial charge on any atom is 0.342 e. The molecule has 0 saturated carbocycles. The van der Waals surface area contributed by atoms with E-state index >= 15 is 0 Å². The molecule has 0 aliphatic carbocycles. The molecule has 28 heavy (non-hydrogen) atoms. The van der Waals surface area contributed by atoms with Crippen LogP contribution in [-0.4, -0.2) is 33.7 Å². The lowest BCUT2D eigenvalue weighted by Crippen LogP contribution is -2.15. The number of aryl methyl sites for hydroxylation is 3. The number of hydrogen-bond donors (Lipinski definition) is 2. The number of ether oxygens (including phenoxy) is 1. The van der Waals surface area contributed by atoms with E-state index < -0.39 is 23.6 Å². The molecular weight excluding hydrogens is 358 g/mol. The minimum absolute atomic E-state index is 0.349. The van der Waals surface area contributed by atoms with Gasteiger partial charge in [0.25, 0.3) is 0 Å². The van der Waals surface area contributed by atoms with Gasteiger partial charge in [0.2, 0.25) is 0 Å². The Morgan fingerprint density at radius 2 is 1.71 bits per heavy atom. The SMILES string of the molecule is CCCOC(C=C(C(=O)O)C(=O)O)c1cccc(-c2c(C)cc(C)cc2C)n1. The number of benzene rings is 1. The van der Waals surface area contributed by atoms with Crippen molar-refractivity contribution < 1.29 is 24.5 Å². The molecule has 0 saturated heterocycles. The summed E-state index contributed by atoms with van der Waals surface area (Å²) in [5, 5.41) is 18.3. The molecule has 0 amide bonds. The van der Waals surface area contributed by atoms with Gasteiger partial charge in [0, 0.05) is 12.2 Å². The van der Waals surface area contributed by atoms with Crippen LogP contribution >= 0.6 is 0 Å². The number of pyridine rings is 1. The van der Waals surface area contributed by atoms with E-state index in [0.717, 1.165) is 34.0 Å². The van der Waals surface area contributed by atoms with Crippen molar-refractivity contribution in [2.45, 2.75) is 40.2 Å². The van der Waals surface area contributed by atoms with Crippen LogP contribution in [0.4, 0.5) is 0 Å². The number of carboxylic acids is 2. The monoisotopic (exact) mass is 383 g/mol. The number of rotatable bonds is 8. The first-order valence-corrected chi connectivity index (χ1v) is 9.09. The van der Waals surface area contributed by atoms with Crippen LogP contribution in [0.25, 0.3) is 11.3 Å². The van der Waals surface area contributed by atoms with Crippen molar-refractivity contribution in [1.82, 2.24) is 4.98 Å². The zero-order valence-corrected chi connectivity index (χ0v) is 16.5. The molecule has 2 aromatic rings. The van der Waals surface area contributed by atoms with Crippen molar-refractivity contribution in [3.05, 3.63) is 64.4 Å². The van der Waals surface area contributed by atoms with Crippen molar-refractivity contribution in [3.8, 4) is 11.3 Å². The largest absolute Gasteiger partial charge is 0.477 e. The van der Waals surface area contributed by atoms with E-state index in [1.54, 1.807) is 6.07 Å². The molecule has 0 bridgehead atoms. The van der Waals surface area contributed by atoms with Crippen molar-refractivity contribution in [1.29, 1.82) is 0 Å². The lowest BCUT2D eigenvalue weighted by Gasteiger charge is -2.17. The molecule has 0 aliphatic rings. The molecule has 0 radical (unpaired) electrons. The fourth-order valence-electron chi connectivity index (χ4n) is 3.18. The van der Waals surface area contributed by atoms with Gasteiger partial charge in [-0.2, -0.15) is 0 Å². The molecule has 2 rings (SSSR count). The summed E-state index contributed by atoms with van der Waals surface area (Å²) in [5.74, 6) is -3.03. The smallest absolute Gasteiger partial charge is 0.342 e. The third kappa shape index (κ3) is 5.04. The second-order valence-corrected chi connectivity index (χ2v) is 6.70. The van der Waals surface area contributed by atoms with Crippen LogP contribution in [0.15, 0.2) is 42.0 Å². The van der Waals surface area contributed by atoms with Gasteiger partial charge in [0.15, 0.2) is 0 Å². The number of nitrogens with zero attached hydrogens (tertiary/aromatic N) is 1. The zero-order valence-electron chi connectivity index (χ0n) is 16.5. The van der Waals surface area contributed by atoms with Gasteiger partial charge < -0.3 is 14.9 Å². The van der Waals surface area contributed by atoms with Gasteiger partial charge in [-0.25, -0.2) is 14.6 Å². The molecule has 2 N–H and O–H groups in total. The standard InChI is InChI=1S/C22H25NO5/c1-5-9-28-19(12-16(21(24)25)22(26)27)17-7-6-8-18(23-17)20-14(3)10-13(2)11-15(20)4/h6-8,10-12,19H,5,9H2,1-4H3,(H,24,25)(H,26,27). The zero-order chi connectivity index (χ0) is 20.8. The van der Waals surface area contributed by atoms with Crippen LogP contribution < -0.4 is 0 Å². The average molecular weight is 383 g/mol. The van der Waals surface area contributed by atoms with Crippen LogP contribution in [0.3, 0.4) is 0 Å². The highest BCUT2D eigenvalue weighted by atomic mass is 16.5. The van der Waals surface area contributed by atoms with E-state index in [2.05, 4.69) is 17.1 Å². The molecular formula is C22H25NO5. The number of hydrogen-bond acceptors (Lipinski definition) is 4. The summed E-state index contributed by atoms with van der Waals surface area (Å²) in [7, 11) is 0. The molecule has 1 aromatic carbocycles. The Kier molecular flexibility index (Phi) is 7.06. The Balaban J connectivity index is 2.55. The van der Waals surface area contributed by atoms with Crippen molar-refractivity contribution in [3.63, 3.8) is 0 Å². The maximum atomic E-state index is 11.3. The van der Waals surface area contributed by atoms with Crippen LogP contribution in [0.1, 0.15) is 41.8 Å². The molecule has 0 aliphatic heterocycles. The van der Waals surface area contributed by atoms with Crippen molar-refractivity contribution in [2.75, 3.05) is 6.61 Å². The first-order chi connectivity index (χ1) is 13.2. The highest BCUT2D eigenvalue weighted by molar-refractivity contribution is 6.12. The summed E-state index contributed by atoms with van der Waals surface area (Å²) in [6.45, 7) is 8.33. The molecule has 6 heteroatoms. The molecule has 148 valence electrons. The Bertz CT molecular complexity index is 878. The molecule has 0 fully saturated rings. The third-order valence-corrected chi connectivity index (χ3v) is 4.28. The Morgan fingerprint density at radius 3 is 2.25 bits per heavy atom. The second-order valence-electron chi connectivity index (χ2n) is 6.70. The van der Waals surface area contributed by atoms with E-state index in [0.29, 0.717) is 18.7 Å². The summed E-state index contributed by atoms with van der Waals surface area (Å²) >= 11 is 0. The number of carboxylic acid groups (broad SMARTS) is 2. The first kappa shape index (κ1) is 21.3. The van der Waals surface area contributed by atoms with Gasteiger partial charge in [0.1, 0.15) is 11.7 Å². The fraction of sp³-hybridized carbons (Fsp3) is 0.318. The van der Waals surface area contributed by atoms with Gasteiger partial charge in [-0.1, -0.05) is 30.7 Å². The number of carbonyl (C=O) groups is 2. The van der Waals surface area contributed by atoms with E-state index in [-0.39, 0.29) is 0 Å². The quantitative estimate of drug-likeness (QED) is 0.402. The maximum absolute atomic E-state index is 11.3. The fourth-order valence-corrected chi connectivity index (χ4v) is 3.18. The molecule has 0 spiro atoms. The van der Waals surface area contributed by atoms with E-state index in [4.69, 9.17) is 4.74 Å². The summed E-state index contributed by atoms with van der Waals surface area (Å²) in [6, 6.07) is 9.56. The highest BCUT2D eigenvalue weighted by Gasteiger charge is 2.21. The molecule has 1 atom stereocenters. The predicted molar refractivity (Wildman–Crippen MR) is 106 cm³/mol. The Labute approximate surface area is 164 Å². The Hall–Kier alpha value is -2.99. The lowest BCUT2D eigenvalue weighted by molar-refractivity contribution is -0.140. The van der Waals surface area contributed by atoms with Crippen LogP contribution in [0.5, 0.6) is 0 Å². The Morgan fingerprint density at radius 1 is 1.11 bits per heavy atom. The van der Waals surface area contributed by atoms with E-state index in [1.807, 2.05) is 39.8 Å². The molecule has 1 unspecified atom stereocenters. The van der Waals surface area contributed by atoms with Crippen molar-refractivity contribution >= 4 is 11.9 Å². The third-order valence-electron chi connectivity index (χ3n) is 4.28. The van der Waals surface area contributed by atoms with Crippen molar-refractivity contribution in [2.24, 2.45) is 0 Å². The summed E-state index contributed by atoms with van der Waals surface area (Å²) in [6.07, 6.45) is 0.935. The number of aromatic nitrogens is 1. The van der Waals surface area contributed by atoms with Gasteiger partial charge in [0.05, 0.1) is 11.4 Å². The lowest BCUT2D eigenvalue weighted by atomic mass is 9.96. The predicted octanol–water partition coefficient (Wildman–Crippen LogP) is 4.24. The van der Waals surface area contributed by atoms with E-state index in [9.17, 15) is 19.8 Å². The summed E-state index contributed by atoms with van der Waals surface area (Å²) in [5.41, 5.74) is 4.79. The summed E-state index contributed by atoms with van der Waals surface area (Å²) < 4.78 is 5.71. The molecule has 1 aromatic heterocycles. The minimum atomic E-state index is -1.51. The van der Waals surface area contributed by atoms with Gasteiger partial charge in [-0.3, -0.25) is 0 Å². The topological polar surface area (TPSA) is 96.7 Å². The van der Waals surface area contributed by atoms with Gasteiger partial charge in [-0.05, 0) is 56.5 Å². The summed E-state index contributed by atoms with van der Waals surface area (Å²) in [4.78, 5) is 27.2. The van der Waals surface area contributed by atoms with Gasteiger partial charge >= 0.3 is 11.9 Å². The van der Waals surface area contributed by atoms with Crippen LogP contribution in [0.2, 0.25) is 0 Å². The minimum Gasteiger partial charge on any atom is -0.477 e. The normalized spacial score (nSPS) is 11.7. The van der Waals surface area contributed by atoms with E-state index in [1.165, 1.54) is 0 Å². The average Bonchev–Trinajstić information content (AvgIpc) is 2.60. The highest BCUT2D eigenvalue weighted by Crippen LogP contribution is 2.29. The number of aliphatic carboxylic acids is 2. The first-order valence-electron chi connectivity index (χ1n) is 9.09. The molecule has 6 nitrogen and oxygen atoms in total.